The predicted octanol–water partition coefficient (Wildman–Crippen LogP) is 4.45. The maximum atomic E-state index is 12.5. The Hall–Kier alpha value is -3.55. The van der Waals surface area contributed by atoms with E-state index in [1.165, 1.54) is 0 Å². The zero-order chi connectivity index (χ0) is 23.6. The standard InChI is InChI=1S/C26H30N4O3/c1-4-33-25(32)22(30-24(31)23-18(2)8-5-9-19(23)3)11-6-10-20-12-14-21(15-13-20)29-26-27-16-7-17-28-26/h5-10,12-17,22,24,30-31H,4,11H2,1-3H3,(H,27,28,29)/b10-6+. The minimum Gasteiger partial charge on any atom is -0.465 e. The Kier molecular flexibility index (Phi) is 8.69. The van der Waals surface area contributed by atoms with Gasteiger partial charge in [-0.05, 0) is 62.1 Å². The number of hydrogen-bond acceptors (Lipinski definition) is 7. The highest BCUT2D eigenvalue weighted by Gasteiger charge is 2.23. The third-order valence-corrected chi connectivity index (χ3v) is 5.16. The molecular formula is C26H30N4O3. The van der Waals surface area contributed by atoms with Gasteiger partial charge in [0, 0.05) is 23.6 Å². The molecule has 0 saturated carbocycles. The Morgan fingerprint density at radius 2 is 1.73 bits per heavy atom. The molecular weight excluding hydrogens is 416 g/mol. The summed E-state index contributed by atoms with van der Waals surface area (Å²) in [6.07, 6.45) is 6.59. The van der Waals surface area contributed by atoms with Crippen LogP contribution >= 0.6 is 0 Å². The van der Waals surface area contributed by atoms with E-state index in [9.17, 15) is 9.90 Å². The first-order valence-electron chi connectivity index (χ1n) is 11.0. The van der Waals surface area contributed by atoms with Crippen LogP contribution in [0.1, 0.15) is 41.8 Å². The van der Waals surface area contributed by atoms with Gasteiger partial charge in [-0.2, -0.15) is 0 Å². The first-order chi connectivity index (χ1) is 16.0. The van der Waals surface area contributed by atoms with E-state index < -0.39 is 18.2 Å². The molecule has 0 spiro atoms. The first kappa shape index (κ1) is 24.1. The van der Waals surface area contributed by atoms with Crippen LogP contribution in [0.2, 0.25) is 0 Å². The molecule has 0 aliphatic rings. The number of carbonyl (C=O) groups is 1. The van der Waals surface area contributed by atoms with Crippen LogP contribution in [0.4, 0.5) is 11.6 Å². The predicted molar refractivity (Wildman–Crippen MR) is 130 cm³/mol. The summed E-state index contributed by atoms with van der Waals surface area (Å²) in [6, 6.07) is 14.7. The highest BCUT2D eigenvalue weighted by atomic mass is 16.5. The minimum atomic E-state index is -0.973. The van der Waals surface area contributed by atoms with Crippen molar-refractivity contribution in [3.05, 3.63) is 89.3 Å². The number of nitrogens with zero attached hydrogens (tertiary/aromatic N) is 2. The number of aromatic nitrogens is 2. The molecule has 0 saturated heterocycles. The Morgan fingerprint density at radius 3 is 2.36 bits per heavy atom. The number of ether oxygens (including phenoxy) is 1. The van der Waals surface area contributed by atoms with E-state index in [0.717, 1.165) is 27.9 Å². The second-order valence-electron chi connectivity index (χ2n) is 7.64. The van der Waals surface area contributed by atoms with Gasteiger partial charge >= 0.3 is 5.97 Å². The minimum absolute atomic E-state index is 0.278. The van der Waals surface area contributed by atoms with Crippen LogP contribution < -0.4 is 10.6 Å². The van der Waals surface area contributed by atoms with Crippen LogP contribution in [-0.4, -0.2) is 33.7 Å². The van der Waals surface area contributed by atoms with Crippen LogP contribution in [0.15, 0.2) is 67.0 Å². The number of carbonyl (C=O) groups excluding carboxylic acids is 1. The van der Waals surface area contributed by atoms with Gasteiger partial charge in [-0.15, -0.1) is 0 Å². The molecule has 0 radical (unpaired) electrons. The summed E-state index contributed by atoms with van der Waals surface area (Å²) in [5, 5.41) is 16.9. The summed E-state index contributed by atoms with van der Waals surface area (Å²) in [4.78, 5) is 20.8. The third kappa shape index (κ3) is 6.97. The molecule has 7 nitrogen and oxygen atoms in total. The maximum absolute atomic E-state index is 12.5. The average molecular weight is 447 g/mol. The van der Waals surface area contributed by atoms with Crippen molar-refractivity contribution in [2.75, 3.05) is 11.9 Å². The van der Waals surface area contributed by atoms with Crippen molar-refractivity contribution in [3.8, 4) is 0 Å². The van der Waals surface area contributed by atoms with Gasteiger partial charge in [-0.3, -0.25) is 10.1 Å². The molecule has 0 aliphatic carbocycles. The number of aliphatic hydroxyl groups excluding tert-OH is 1. The highest BCUT2D eigenvalue weighted by molar-refractivity contribution is 5.76. The normalized spacial score (nSPS) is 13.0. The fourth-order valence-electron chi connectivity index (χ4n) is 3.52. The van der Waals surface area contributed by atoms with Crippen molar-refractivity contribution >= 4 is 23.7 Å². The smallest absolute Gasteiger partial charge is 0.323 e. The lowest BCUT2D eigenvalue weighted by atomic mass is 10.0. The van der Waals surface area contributed by atoms with Crippen LogP contribution in [0.25, 0.3) is 6.08 Å². The number of aryl methyl sites for hydroxylation is 2. The van der Waals surface area contributed by atoms with Crippen molar-refractivity contribution in [1.29, 1.82) is 0 Å². The number of esters is 1. The van der Waals surface area contributed by atoms with Crippen molar-refractivity contribution in [2.24, 2.45) is 0 Å². The Morgan fingerprint density at radius 1 is 1.06 bits per heavy atom. The van der Waals surface area contributed by atoms with Crippen molar-refractivity contribution in [2.45, 2.75) is 39.5 Å². The van der Waals surface area contributed by atoms with E-state index in [0.29, 0.717) is 12.4 Å². The van der Waals surface area contributed by atoms with Crippen molar-refractivity contribution < 1.29 is 14.6 Å². The van der Waals surface area contributed by atoms with Gasteiger partial charge < -0.3 is 15.2 Å². The van der Waals surface area contributed by atoms with E-state index >= 15 is 0 Å². The van der Waals surface area contributed by atoms with Crippen LogP contribution in [0.3, 0.4) is 0 Å². The second kappa shape index (κ2) is 11.9. The molecule has 2 atom stereocenters. The zero-order valence-corrected chi connectivity index (χ0v) is 19.2. The number of benzene rings is 2. The molecule has 0 bridgehead atoms. The Bertz CT molecular complexity index is 1050. The molecule has 3 rings (SSSR count). The molecule has 0 aliphatic heterocycles. The fraction of sp³-hybridized carbons (Fsp3) is 0.269. The lowest BCUT2D eigenvalue weighted by molar-refractivity contribution is -0.146. The van der Waals surface area contributed by atoms with Gasteiger partial charge in [0.15, 0.2) is 0 Å². The lowest BCUT2D eigenvalue weighted by Crippen LogP contribution is -2.40. The molecule has 3 aromatic rings. The fourth-order valence-corrected chi connectivity index (χ4v) is 3.52. The molecule has 7 heteroatoms. The third-order valence-electron chi connectivity index (χ3n) is 5.16. The van der Waals surface area contributed by atoms with Crippen LogP contribution in [0.5, 0.6) is 0 Å². The van der Waals surface area contributed by atoms with E-state index in [2.05, 4.69) is 20.6 Å². The molecule has 172 valence electrons. The van der Waals surface area contributed by atoms with Crippen molar-refractivity contribution in [3.63, 3.8) is 0 Å². The number of aliphatic hydroxyl groups is 1. The Balaban J connectivity index is 1.65. The highest BCUT2D eigenvalue weighted by Crippen LogP contribution is 2.21. The number of rotatable bonds is 10. The summed E-state index contributed by atoms with van der Waals surface area (Å²) in [6.45, 7) is 5.92. The van der Waals surface area contributed by atoms with Gasteiger partial charge in [0.2, 0.25) is 5.95 Å². The molecule has 2 unspecified atom stereocenters. The Labute approximate surface area is 194 Å². The largest absolute Gasteiger partial charge is 0.465 e. The van der Waals surface area contributed by atoms with E-state index in [4.69, 9.17) is 4.74 Å². The summed E-state index contributed by atoms with van der Waals surface area (Å²) in [5.41, 5.74) is 4.56. The van der Waals surface area contributed by atoms with E-state index in [-0.39, 0.29) is 6.61 Å². The SMILES string of the molecule is CCOC(=O)C(C/C=C/c1ccc(Nc2ncccn2)cc1)NC(O)c1c(C)cccc1C. The number of anilines is 2. The molecule has 0 fully saturated rings. The van der Waals surface area contributed by atoms with Gasteiger partial charge in [-0.1, -0.05) is 42.5 Å². The molecule has 1 aromatic heterocycles. The molecule has 3 N–H and O–H groups in total. The summed E-state index contributed by atoms with van der Waals surface area (Å²) in [7, 11) is 0. The molecule has 1 heterocycles. The average Bonchev–Trinajstić information content (AvgIpc) is 2.80. The van der Waals surface area contributed by atoms with Gasteiger partial charge in [0.1, 0.15) is 12.3 Å². The molecule has 33 heavy (non-hydrogen) atoms. The van der Waals surface area contributed by atoms with Gasteiger partial charge in [-0.25, -0.2) is 9.97 Å². The van der Waals surface area contributed by atoms with E-state index in [1.54, 1.807) is 25.4 Å². The van der Waals surface area contributed by atoms with E-state index in [1.807, 2.05) is 68.5 Å². The van der Waals surface area contributed by atoms with Crippen LogP contribution in [0, 0.1) is 13.8 Å². The summed E-state index contributed by atoms with van der Waals surface area (Å²) >= 11 is 0. The second-order valence-corrected chi connectivity index (χ2v) is 7.64. The monoisotopic (exact) mass is 446 g/mol. The maximum Gasteiger partial charge on any atom is 0.323 e. The zero-order valence-electron chi connectivity index (χ0n) is 19.2. The van der Waals surface area contributed by atoms with Crippen molar-refractivity contribution in [1.82, 2.24) is 15.3 Å². The first-order valence-corrected chi connectivity index (χ1v) is 11.0. The lowest BCUT2D eigenvalue weighted by Gasteiger charge is -2.23. The van der Waals surface area contributed by atoms with Gasteiger partial charge in [0.25, 0.3) is 0 Å². The number of hydrogen-bond donors (Lipinski definition) is 3. The quantitative estimate of drug-likeness (QED) is 0.313. The molecule has 0 amide bonds. The topological polar surface area (TPSA) is 96.4 Å². The summed E-state index contributed by atoms with van der Waals surface area (Å²) in [5.74, 6) is 0.140. The van der Waals surface area contributed by atoms with Gasteiger partial charge in [0.05, 0.1) is 6.61 Å². The summed E-state index contributed by atoms with van der Waals surface area (Å²) < 4.78 is 5.21. The molecule has 2 aromatic carbocycles. The van der Waals surface area contributed by atoms with Crippen LogP contribution in [-0.2, 0) is 9.53 Å². The number of nitrogens with one attached hydrogen (secondary N) is 2.